The third-order valence-electron chi connectivity index (χ3n) is 4.82. The summed E-state index contributed by atoms with van der Waals surface area (Å²) in [6.45, 7) is 7.21. The SMILES string of the molecule is CCN(Cc1noc(C)n1)[C@@H]1CCCN(C(=O)Cc2ccoc2)CC1. The van der Waals surface area contributed by atoms with E-state index in [9.17, 15) is 4.79 Å². The quantitative estimate of drug-likeness (QED) is 0.799. The maximum absolute atomic E-state index is 12.5. The molecule has 3 heterocycles. The Bertz CT molecular complexity index is 668. The Labute approximate surface area is 148 Å². The molecule has 0 aliphatic carbocycles. The summed E-state index contributed by atoms with van der Waals surface area (Å²) >= 11 is 0. The van der Waals surface area contributed by atoms with E-state index in [1.54, 1.807) is 12.5 Å². The van der Waals surface area contributed by atoms with E-state index in [-0.39, 0.29) is 5.91 Å². The second-order valence-electron chi connectivity index (χ2n) is 6.57. The van der Waals surface area contributed by atoms with Crippen molar-refractivity contribution in [1.82, 2.24) is 19.9 Å². The van der Waals surface area contributed by atoms with Crippen LogP contribution in [0.4, 0.5) is 0 Å². The third kappa shape index (κ3) is 4.69. The van der Waals surface area contributed by atoms with Crippen molar-refractivity contribution in [2.45, 2.75) is 52.1 Å². The van der Waals surface area contributed by atoms with Crippen LogP contribution < -0.4 is 0 Å². The lowest BCUT2D eigenvalue weighted by molar-refractivity contribution is -0.130. The van der Waals surface area contributed by atoms with Gasteiger partial charge in [0.15, 0.2) is 5.82 Å². The van der Waals surface area contributed by atoms with Crippen molar-refractivity contribution in [1.29, 1.82) is 0 Å². The number of aromatic nitrogens is 2. The maximum atomic E-state index is 12.5. The highest BCUT2D eigenvalue weighted by molar-refractivity contribution is 5.78. The molecule has 3 rings (SSSR count). The molecular formula is C18H26N4O3. The molecule has 2 aromatic rings. The van der Waals surface area contributed by atoms with Gasteiger partial charge < -0.3 is 13.8 Å². The number of carbonyl (C=O) groups is 1. The number of likely N-dealkylation sites (tertiary alicyclic amines) is 1. The minimum absolute atomic E-state index is 0.180. The number of rotatable bonds is 6. The molecule has 0 unspecified atom stereocenters. The highest BCUT2D eigenvalue weighted by Crippen LogP contribution is 2.19. The number of aryl methyl sites for hydroxylation is 1. The van der Waals surface area contributed by atoms with Gasteiger partial charge in [0.1, 0.15) is 0 Å². The molecule has 1 aliphatic heterocycles. The summed E-state index contributed by atoms with van der Waals surface area (Å²) in [5.41, 5.74) is 0.938. The molecule has 0 N–H and O–H groups in total. The first-order chi connectivity index (χ1) is 12.2. The number of hydrogen-bond acceptors (Lipinski definition) is 6. The second kappa shape index (κ2) is 8.29. The van der Waals surface area contributed by atoms with Gasteiger partial charge in [0.2, 0.25) is 11.8 Å². The molecule has 1 atom stereocenters. The molecule has 136 valence electrons. The average molecular weight is 346 g/mol. The summed E-state index contributed by atoms with van der Waals surface area (Å²) in [4.78, 5) is 21.2. The summed E-state index contributed by atoms with van der Waals surface area (Å²) in [6, 6.07) is 2.29. The van der Waals surface area contributed by atoms with E-state index in [2.05, 4.69) is 22.0 Å². The summed E-state index contributed by atoms with van der Waals surface area (Å²) in [5.74, 6) is 1.51. The molecule has 7 nitrogen and oxygen atoms in total. The van der Waals surface area contributed by atoms with Crippen LogP contribution in [0.2, 0.25) is 0 Å². The van der Waals surface area contributed by atoms with Crippen LogP contribution in [0.3, 0.4) is 0 Å². The van der Waals surface area contributed by atoms with Gasteiger partial charge >= 0.3 is 0 Å². The Morgan fingerprint density at radius 3 is 2.96 bits per heavy atom. The van der Waals surface area contributed by atoms with Crippen molar-refractivity contribution in [2.24, 2.45) is 0 Å². The maximum Gasteiger partial charge on any atom is 0.227 e. The van der Waals surface area contributed by atoms with Gasteiger partial charge in [-0.1, -0.05) is 12.1 Å². The zero-order valence-electron chi connectivity index (χ0n) is 15.0. The molecule has 0 spiro atoms. The number of amides is 1. The van der Waals surface area contributed by atoms with Gasteiger partial charge in [0.05, 0.1) is 25.5 Å². The van der Waals surface area contributed by atoms with Crippen molar-refractivity contribution < 1.29 is 13.7 Å². The lowest BCUT2D eigenvalue weighted by Crippen LogP contribution is -2.37. The largest absolute Gasteiger partial charge is 0.472 e. The predicted molar refractivity (Wildman–Crippen MR) is 91.8 cm³/mol. The molecule has 1 saturated heterocycles. The van der Waals surface area contributed by atoms with Crippen molar-refractivity contribution in [3.05, 3.63) is 35.9 Å². The van der Waals surface area contributed by atoms with E-state index in [4.69, 9.17) is 8.94 Å². The third-order valence-corrected chi connectivity index (χ3v) is 4.82. The fourth-order valence-electron chi connectivity index (χ4n) is 3.46. The molecule has 1 aliphatic rings. The molecule has 2 aromatic heterocycles. The summed E-state index contributed by atoms with van der Waals surface area (Å²) in [5, 5.41) is 4.01. The highest BCUT2D eigenvalue weighted by Gasteiger charge is 2.25. The lowest BCUT2D eigenvalue weighted by atomic mass is 10.1. The zero-order valence-corrected chi connectivity index (χ0v) is 15.0. The topological polar surface area (TPSA) is 75.6 Å². The molecule has 0 aromatic carbocycles. The van der Waals surface area contributed by atoms with Crippen LogP contribution in [0.5, 0.6) is 0 Å². The first kappa shape index (κ1) is 17.7. The van der Waals surface area contributed by atoms with E-state index in [1.807, 2.05) is 17.9 Å². The van der Waals surface area contributed by atoms with Crippen molar-refractivity contribution in [3.63, 3.8) is 0 Å². The monoisotopic (exact) mass is 346 g/mol. The van der Waals surface area contributed by atoms with E-state index >= 15 is 0 Å². The second-order valence-corrected chi connectivity index (χ2v) is 6.57. The van der Waals surface area contributed by atoms with Gasteiger partial charge in [-0.15, -0.1) is 0 Å². The summed E-state index contributed by atoms with van der Waals surface area (Å²) < 4.78 is 10.1. The van der Waals surface area contributed by atoms with Crippen molar-refractivity contribution in [2.75, 3.05) is 19.6 Å². The van der Waals surface area contributed by atoms with E-state index in [1.165, 1.54) is 0 Å². The Kier molecular flexibility index (Phi) is 5.86. The fourth-order valence-corrected chi connectivity index (χ4v) is 3.46. The van der Waals surface area contributed by atoms with Gasteiger partial charge in [-0.25, -0.2) is 0 Å². The van der Waals surface area contributed by atoms with E-state index in [0.717, 1.165) is 50.3 Å². The Morgan fingerprint density at radius 1 is 1.40 bits per heavy atom. The van der Waals surface area contributed by atoms with Crippen LogP contribution in [-0.4, -0.2) is 51.5 Å². The van der Waals surface area contributed by atoms with Crippen molar-refractivity contribution >= 4 is 5.91 Å². The van der Waals surface area contributed by atoms with Crippen LogP contribution in [0.15, 0.2) is 27.5 Å². The number of nitrogens with zero attached hydrogens (tertiary/aromatic N) is 4. The molecule has 0 radical (unpaired) electrons. The summed E-state index contributed by atoms with van der Waals surface area (Å²) in [7, 11) is 0. The first-order valence-corrected chi connectivity index (χ1v) is 8.97. The van der Waals surface area contributed by atoms with Gasteiger partial charge in [0.25, 0.3) is 0 Å². The first-order valence-electron chi connectivity index (χ1n) is 8.97. The number of carbonyl (C=O) groups excluding carboxylic acids is 1. The Balaban J connectivity index is 1.55. The number of hydrogen-bond donors (Lipinski definition) is 0. The molecule has 1 fully saturated rings. The molecule has 1 amide bonds. The molecule has 0 bridgehead atoms. The summed E-state index contributed by atoms with van der Waals surface area (Å²) in [6.07, 6.45) is 6.75. The van der Waals surface area contributed by atoms with E-state index < -0.39 is 0 Å². The minimum Gasteiger partial charge on any atom is -0.472 e. The van der Waals surface area contributed by atoms with Crippen LogP contribution in [-0.2, 0) is 17.8 Å². The standard InChI is InChI=1S/C18H26N4O3/c1-3-21(12-17-19-14(2)25-20-17)16-5-4-8-22(9-6-16)18(23)11-15-7-10-24-13-15/h7,10,13,16H,3-6,8-9,11-12H2,1-2H3/t16-/m1/s1. The highest BCUT2D eigenvalue weighted by atomic mass is 16.5. The van der Waals surface area contributed by atoms with Crippen LogP contribution >= 0.6 is 0 Å². The minimum atomic E-state index is 0.180. The van der Waals surface area contributed by atoms with Gasteiger partial charge in [-0.2, -0.15) is 4.98 Å². The molecular weight excluding hydrogens is 320 g/mol. The lowest BCUT2D eigenvalue weighted by Gasteiger charge is -2.28. The number of furan rings is 1. The smallest absolute Gasteiger partial charge is 0.227 e. The fraction of sp³-hybridized carbons (Fsp3) is 0.611. The van der Waals surface area contributed by atoms with Crippen LogP contribution in [0, 0.1) is 6.92 Å². The average Bonchev–Trinajstić information content (AvgIpc) is 3.18. The van der Waals surface area contributed by atoms with Gasteiger partial charge in [0, 0.05) is 26.1 Å². The van der Waals surface area contributed by atoms with Gasteiger partial charge in [-0.3, -0.25) is 9.69 Å². The van der Waals surface area contributed by atoms with Crippen LogP contribution in [0.25, 0.3) is 0 Å². The normalized spacial score (nSPS) is 18.5. The van der Waals surface area contributed by atoms with Gasteiger partial charge in [-0.05, 0) is 37.4 Å². The molecule has 7 heteroatoms. The predicted octanol–water partition coefficient (Wildman–Crippen LogP) is 2.42. The molecule has 0 saturated carbocycles. The Hall–Kier alpha value is -2.15. The van der Waals surface area contributed by atoms with Crippen molar-refractivity contribution in [3.8, 4) is 0 Å². The Morgan fingerprint density at radius 2 is 2.28 bits per heavy atom. The zero-order chi connectivity index (χ0) is 17.6. The van der Waals surface area contributed by atoms with E-state index in [0.29, 0.717) is 24.9 Å². The van der Waals surface area contributed by atoms with Crippen LogP contribution in [0.1, 0.15) is 43.5 Å². The molecule has 25 heavy (non-hydrogen) atoms.